The van der Waals surface area contributed by atoms with E-state index < -0.39 is 29.7 Å². The van der Waals surface area contributed by atoms with Crippen LogP contribution in [0.2, 0.25) is 0 Å². The van der Waals surface area contributed by atoms with E-state index in [0.29, 0.717) is 12.4 Å². The van der Waals surface area contributed by atoms with Gasteiger partial charge < -0.3 is 20.1 Å². The van der Waals surface area contributed by atoms with Crippen LogP contribution in [0.25, 0.3) is 0 Å². The minimum absolute atomic E-state index is 0.260. The van der Waals surface area contributed by atoms with Gasteiger partial charge in [-0.15, -0.1) is 0 Å². The van der Waals surface area contributed by atoms with E-state index in [1.807, 2.05) is 0 Å². The van der Waals surface area contributed by atoms with Crippen LogP contribution in [0.4, 0.5) is 4.79 Å². The standard InChI is InChI=1S/C16H28N2O5/c1-8-12(22-9-2)13(11(4)19)18-14(20)10(3)17-15(21)23-16(5,6)7/h8,10,13H,9H2,1-7H3,(H,17,21)(H,18,20). The topological polar surface area (TPSA) is 93.7 Å². The first-order chi connectivity index (χ1) is 10.5. The molecule has 0 aliphatic carbocycles. The molecule has 7 heteroatoms. The predicted octanol–water partition coefficient (Wildman–Crippen LogP) is 1.91. The molecule has 0 aromatic heterocycles. The van der Waals surface area contributed by atoms with Crippen molar-refractivity contribution >= 4 is 17.8 Å². The first kappa shape index (κ1) is 20.9. The summed E-state index contributed by atoms with van der Waals surface area (Å²) in [7, 11) is 0. The van der Waals surface area contributed by atoms with Gasteiger partial charge in [-0.1, -0.05) is 0 Å². The SMILES string of the molecule is CC=C(OCC)C(NC(=O)C(C)NC(=O)OC(C)(C)C)C(C)=O. The van der Waals surface area contributed by atoms with Gasteiger partial charge in [0, 0.05) is 0 Å². The second kappa shape index (κ2) is 9.17. The molecule has 0 bridgehead atoms. The molecule has 0 aliphatic rings. The molecule has 0 aromatic rings. The van der Waals surface area contributed by atoms with Crippen molar-refractivity contribution in [3.63, 3.8) is 0 Å². The molecule has 23 heavy (non-hydrogen) atoms. The maximum Gasteiger partial charge on any atom is 0.408 e. The fourth-order valence-electron chi connectivity index (χ4n) is 1.69. The lowest BCUT2D eigenvalue weighted by Crippen LogP contribution is -2.51. The zero-order valence-electron chi connectivity index (χ0n) is 15.0. The summed E-state index contributed by atoms with van der Waals surface area (Å²) in [6.07, 6.45) is 0.928. The summed E-state index contributed by atoms with van der Waals surface area (Å²) in [5.74, 6) is -0.391. The number of carbonyl (C=O) groups excluding carboxylic acids is 3. The Morgan fingerprint density at radius 3 is 2.13 bits per heavy atom. The van der Waals surface area contributed by atoms with Crippen LogP contribution in [-0.2, 0) is 19.1 Å². The van der Waals surface area contributed by atoms with Crippen molar-refractivity contribution in [2.75, 3.05) is 6.61 Å². The third-order valence-electron chi connectivity index (χ3n) is 2.70. The Labute approximate surface area is 137 Å². The van der Waals surface area contributed by atoms with E-state index in [9.17, 15) is 14.4 Å². The molecular weight excluding hydrogens is 300 g/mol. The Hall–Kier alpha value is -2.05. The number of hydrogen-bond acceptors (Lipinski definition) is 5. The Bertz CT molecular complexity index is 466. The summed E-state index contributed by atoms with van der Waals surface area (Å²) in [4.78, 5) is 35.6. The molecule has 0 radical (unpaired) electrons. The molecule has 7 nitrogen and oxygen atoms in total. The highest BCUT2D eigenvalue weighted by Gasteiger charge is 2.26. The Morgan fingerprint density at radius 2 is 1.74 bits per heavy atom. The van der Waals surface area contributed by atoms with E-state index >= 15 is 0 Å². The van der Waals surface area contributed by atoms with Gasteiger partial charge in [-0.25, -0.2) is 4.79 Å². The van der Waals surface area contributed by atoms with Gasteiger partial charge in [0.25, 0.3) is 0 Å². The molecule has 0 rings (SSSR count). The number of allylic oxidation sites excluding steroid dienone is 1. The predicted molar refractivity (Wildman–Crippen MR) is 86.8 cm³/mol. The molecule has 2 amide bonds. The lowest BCUT2D eigenvalue weighted by molar-refractivity contribution is -0.128. The molecule has 2 atom stereocenters. The number of ketones is 1. The highest BCUT2D eigenvalue weighted by atomic mass is 16.6. The van der Waals surface area contributed by atoms with Gasteiger partial charge in [0.1, 0.15) is 23.4 Å². The monoisotopic (exact) mass is 328 g/mol. The molecule has 2 unspecified atom stereocenters. The molecule has 0 heterocycles. The summed E-state index contributed by atoms with van der Waals surface area (Å²) in [5.41, 5.74) is -0.657. The summed E-state index contributed by atoms with van der Waals surface area (Å²) in [6, 6.07) is -1.73. The van der Waals surface area contributed by atoms with Crippen LogP contribution >= 0.6 is 0 Å². The van der Waals surface area contributed by atoms with Crippen LogP contribution < -0.4 is 10.6 Å². The number of hydrogen-bond donors (Lipinski definition) is 2. The second-order valence-electron chi connectivity index (χ2n) is 6.04. The van der Waals surface area contributed by atoms with Crippen LogP contribution in [0.15, 0.2) is 11.8 Å². The van der Waals surface area contributed by atoms with Crippen LogP contribution in [-0.4, -0.2) is 42.1 Å². The fourth-order valence-corrected chi connectivity index (χ4v) is 1.69. The quantitative estimate of drug-likeness (QED) is 0.696. The number of nitrogens with one attached hydrogen (secondary N) is 2. The van der Waals surface area contributed by atoms with Gasteiger partial charge in [-0.3, -0.25) is 9.59 Å². The van der Waals surface area contributed by atoms with E-state index in [-0.39, 0.29) is 5.78 Å². The maximum absolute atomic E-state index is 12.2. The van der Waals surface area contributed by atoms with Crippen molar-refractivity contribution in [1.29, 1.82) is 0 Å². The van der Waals surface area contributed by atoms with E-state index in [1.54, 1.807) is 40.7 Å². The lowest BCUT2D eigenvalue weighted by Gasteiger charge is -2.24. The maximum atomic E-state index is 12.2. The summed E-state index contributed by atoms with van der Waals surface area (Å²) in [6.45, 7) is 11.9. The number of rotatable bonds is 7. The van der Waals surface area contributed by atoms with Crippen LogP contribution in [0.3, 0.4) is 0 Å². The lowest BCUT2D eigenvalue weighted by atomic mass is 10.1. The smallest absolute Gasteiger partial charge is 0.408 e. The fraction of sp³-hybridized carbons (Fsp3) is 0.688. The highest BCUT2D eigenvalue weighted by Crippen LogP contribution is 2.08. The zero-order valence-corrected chi connectivity index (χ0v) is 15.0. The minimum atomic E-state index is -0.879. The number of carbonyl (C=O) groups is 3. The van der Waals surface area contributed by atoms with Gasteiger partial charge in [-0.2, -0.15) is 0 Å². The Balaban J connectivity index is 4.81. The summed E-state index contributed by atoms with van der Waals surface area (Å²) in [5, 5.41) is 4.99. The molecule has 132 valence electrons. The third kappa shape index (κ3) is 8.23. The largest absolute Gasteiger partial charge is 0.496 e. The Kier molecular flexibility index (Phi) is 8.35. The van der Waals surface area contributed by atoms with E-state index in [2.05, 4.69) is 10.6 Å². The first-order valence-electron chi connectivity index (χ1n) is 7.61. The van der Waals surface area contributed by atoms with Crippen LogP contribution in [0.1, 0.15) is 48.5 Å². The number of Topliss-reactive ketones (excluding diaryl/α,β-unsaturated/α-hetero) is 1. The average molecular weight is 328 g/mol. The van der Waals surface area contributed by atoms with Crippen molar-refractivity contribution in [2.45, 2.75) is 66.2 Å². The number of amides is 2. The van der Waals surface area contributed by atoms with E-state index in [4.69, 9.17) is 9.47 Å². The average Bonchev–Trinajstić information content (AvgIpc) is 2.39. The molecule has 0 fully saturated rings. The van der Waals surface area contributed by atoms with Crippen molar-refractivity contribution in [1.82, 2.24) is 10.6 Å². The number of alkyl carbamates (subject to hydrolysis) is 1. The molecule has 2 N–H and O–H groups in total. The molecule has 0 aromatic carbocycles. The van der Waals surface area contributed by atoms with Gasteiger partial charge >= 0.3 is 6.09 Å². The normalized spacial score (nSPS) is 14.5. The zero-order chi connectivity index (χ0) is 18.2. The molecule has 0 saturated heterocycles. The summed E-state index contributed by atoms with van der Waals surface area (Å²) < 4.78 is 10.4. The summed E-state index contributed by atoms with van der Waals surface area (Å²) >= 11 is 0. The minimum Gasteiger partial charge on any atom is -0.496 e. The van der Waals surface area contributed by atoms with E-state index in [0.717, 1.165) is 0 Å². The molecule has 0 spiro atoms. The van der Waals surface area contributed by atoms with Crippen LogP contribution in [0.5, 0.6) is 0 Å². The Morgan fingerprint density at radius 1 is 1.17 bits per heavy atom. The van der Waals surface area contributed by atoms with Crippen molar-refractivity contribution in [3.05, 3.63) is 11.8 Å². The second-order valence-corrected chi connectivity index (χ2v) is 6.04. The van der Waals surface area contributed by atoms with Crippen LogP contribution in [0, 0.1) is 0 Å². The third-order valence-corrected chi connectivity index (χ3v) is 2.70. The van der Waals surface area contributed by atoms with Crippen molar-refractivity contribution in [2.24, 2.45) is 0 Å². The van der Waals surface area contributed by atoms with Gasteiger partial charge in [0.05, 0.1) is 6.61 Å². The van der Waals surface area contributed by atoms with E-state index in [1.165, 1.54) is 13.8 Å². The molecule has 0 aliphatic heterocycles. The van der Waals surface area contributed by atoms with Gasteiger partial charge in [0.15, 0.2) is 5.78 Å². The van der Waals surface area contributed by atoms with Gasteiger partial charge in [0.2, 0.25) is 5.91 Å². The molecule has 0 saturated carbocycles. The molecular formula is C16H28N2O5. The van der Waals surface area contributed by atoms with Gasteiger partial charge in [-0.05, 0) is 54.5 Å². The number of ether oxygens (including phenoxy) is 2. The van der Waals surface area contributed by atoms with Crippen molar-refractivity contribution < 1.29 is 23.9 Å². The highest BCUT2D eigenvalue weighted by molar-refractivity contribution is 5.92. The van der Waals surface area contributed by atoms with Crippen molar-refractivity contribution in [3.8, 4) is 0 Å². The first-order valence-corrected chi connectivity index (χ1v) is 7.61.